The number of rotatable bonds is 4. The third-order valence-corrected chi connectivity index (χ3v) is 5.84. The van der Waals surface area contributed by atoms with Crippen molar-refractivity contribution in [2.45, 2.75) is 32.5 Å². The van der Waals surface area contributed by atoms with Crippen LogP contribution in [0.15, 0.2) is 10.4 Å². The number of ether oxygens (including phenoxy) is 1. The maximum absolute atomic E-state index is 12.7. The number of nitrogens with one attached hydrogen (secondary N) is 1. The Bertz CT molecular complexity index is 717. The molecule has 0 unspecified atom stereocenters. The van der Waals surface area contributed by atoms with Crippen molar-refractivity contribution < 1.29 is 22.7 Å². The molecule has 2 fully saturated rings. The Morgan fingerprint density at radius 2 is 1.93 bits per heavy atom. The number of piperidine rings is 1. The number of alkyl halides is 3. The van der Waals surface area contributed by atoms with Crippen LogP contribution in [0.2, 0.25) is 0 Å². The van der Waals surface area contributed by atoms with Crippen molar-refractivity contribution in [2.75, 3.05) is 45.9 Å². The lowest BCUT2D eigenvalue weighted by molar-refractivity contribution is -0.141. The summed E-state index contributed by atoms with van der Waals surface area (Å²) in [5, 5.41) is 4.52. The van der Waals surface area contributed by atoms with E-state index in [-0.39, 0.29) is 42.3 Å². The first-order chi connectivity index (χ1) is 13.9. The van der Waals surface area contributed by atoms with Crippen molar-refractivity contribution in [2.24, 2.45) is 10.9 Å². The summed E-state index contributed by atoms with van der Waals surface area (Å²) in [6.07, 6.45) is -2.97. The zero-order valence-corrected chi connectivity index (χ0v) is 19.9. The fourth-order valence-electron chi connectivity index (χ4n) is 3.46. The fraction of sp³-hybridized carbons (Fsp3) is 0.722. The molecule has 12 heteroatoms. The van der Waals surface area contributed by atoms with Crippen molar-refractivity contribution in [1.82, 2.24) is 20.1 Å². The molecule has 0 aliphatic carbocycles. The van der Waals surface area contributed by atoms with Crippen molar-refractivity contribution in [3.05, 3.63) is 16.1 Å². The highest BCUT2D eigenvalue weighted by Crippen LogP contribution is 2.30. The maximum atomic E-state index is 12.7. The molecule has 0 aromatic carbocycles. The largest absolute Gasteiger partial charge is 0.434 e. The van der Waals surface area contributed by atoms with E-state index in [0.717, 1.165) is 29.6 Å². The summed E-state index contributed by atoms with van der Waals surface area (Å²) < 4.78 is 43.4. The Morgan fingerprint density at radius 3 is 2.50 bits per heavy atom. The summed E-state index contributed by atoms with van der Waals surface area (Å²) in [5.41, 5.74) is -0.875. The first-order valence-electron chi connectivity index (χ1n) is 9.80. The molecule has 3 rings (SSSR count). The van der Waals surface area contributed by atoms with E-state index in [2.05, 4.69) is 20.2 Å². The standard InChI is InChI=1S/C18H26F3N5O2S.HI/c1-2-22-17(23-11-15-24-14(12-29-15)18(19,20)21)26-5-3-13(4-6-26)16(27)25-7-9-28-10-8-25;/h12-13H,2-11H2,1H3,(H,22,23);1H. The van der Waals surface area contributed by atoms with E-state index in [1.54, 1.807) is 0 Å². The van der Waals surface area contributed by atoms with Gasteiger partial charge in [-0.05, 0) is 19.8 Å². The molecule has 2 saturated heterocycles. The average molecular weight is 561 g/mol. The third kappa shape index (κ3) is 6.67. The van der Waals surface area contributed by atoms with E-state index >= 15 is 0 Å². The summed E-state index contributed by atoms with van der Waals surface area (Å²) in [6, 6.07) is 0. The Morgan fingerprint density at radius 1 is 1.27 bits per heavy atom. The molecule has 1 amide bonds. The van der Waals surface area contributed by atoms with Gasteiger partial charge in [0.1, 0.15) is 5.01 Å². The number of carbonyl (C=O) groups excluding carboxylic acids is 1. The van der Waals surface area contributed by atoms with E-state index < -0.39 is 11.9 Å². The van der Waals surface area contributed by atoms with E-state index in [1.165, 1.54) is 0 Å². The second-order valence-corrected chi connectivity index (χ2v) is 7.94. The van der Waals surface area contributed by atoms with Gasteiger partial charge in [0.2, 0.25) is 5.91 Å². The number of nitrogens with zero attached hydrogens (tertiary/aromatic N) is 4. The first-order valence-corrected chi connectivity index (χ1v) is 10.7. The van der Waals surface area contributed by atoms with Gasteiger partial charge in [0.15, 0.2) is 11.7 Å². The Balaban J connectivity index is 0.00000320. The van der Waals surface area contributed by atoms with Crippen LogP contribution >= 0.6 is 35.3 Å². The van der Waals surface area contributed by atoms with Gasteiger partial charge in [-0.3, -0.25) is 4.79 Å². The number of morpholine rings is 1. The highest BCUT2D eigenvalue weighted by Gasteiger charge is 2.34. The van der Waals surface area contributed by atoms with Gasteiger partial charge < -0.3 is 19.9 Å². The van der Waals surface area contributed by atoms with Gasteiger partial charge in [0, 0.05) is 44.0 Å². The molecule has 1 aromatic rings. The minimum absolute atomic E-state index is 0. The molecular formula is C18H27F3IN5O2S. The summed E-state index contributed by atoms with van der Waals surface area (Å²) >= 11 is 0.958. The molecule has 2 aliphatic heterocycles. The molecular weight excluding hydrogens is 534 g/mol. The highest BCUT2D eigenvalue weighted by atomic mass is 127. The lowest BCUT2D eigenvalue weighted by Gasteiger charge is -2.36. The molecule has 0 spiro atoms. The number of aliphatic imine (C=N–C) groups is 1. The highest BCUT2D eigenvalue weighted by molar-refractivity contribution is 14.0. The van der Waals surface area contributed by atoms with E-state index in [0.29, 0.717) is 56.9 Å². The SMILES string of the molecule is CCNC(=NCc1nc(C(F)(F)F)cs1)N1CCC(C(=O)N2CCOCC2)CC1.I. The van der Waals surface area contributed by atoms with Gasteiger partial charge in [-0.2, -0.15) is 13.2 Å². The molecule has 3 heterocycles. The average Bonchev–Trinajstić information content (AvgIpc) is 3.21. The zero-order valence-electron chi connectivity index (χ0n) is 16.8. The topological polar surface area (TPSA) is 70.1 Å². The van der Waals surface area contributed by atoms with Crippen LogP contribution in [0.3, 0.4) is 0 Å². The van der Waals surface area contributed by atoms with Crippen LogP contribution < -0.4 is 5.32 Å². The number of aromatic nitrogens is 1. The van der Waals surface area contributed by atoms with Crippen LogP contribution in [-0.4, -0.2) is 72.6 Å². The maximum Gasteiger partial charge on any atom is 0.434 e. The lowest BCUT2D eigenvalue weighted by Crippen LogP contribution is -2.50. The van der Waals surface area contributed by atoms with Crippen LogP contribution in [0.5, 0.6) is 0 Å². The van der Waals surface area contributed by atoms with Gasteiger partial charge in [-0.15, -0.1) is 35.3 Å². The smallest absolute Gasteiger partial charge is 0.378 e. The van der Waals surface area contributed by atoms with Gasteiger partial charge in [-0.25, -0.2) is 9.98 Å². The van der Waals surface area contributed by atoms with Crippen molar-refractivity contribution in [1.29, 1.82) is 0 Å². The Kier molecular flexibility index (Phi) is 9.60. The van der Waals surface area contributed by atoms with Crippen LogP contribution in [0.4, 0.5) is 13.2 Å². The monoisotopic (exact) mass is 561 g/mol. The van der Waals surface area contributed by atoms with Gasteiger partial charge in [0.05, 0.1) is 19.8 Å². The number of amides is 1. The first kappa shape index (κ1) is 25.1. The zero-order chi connectivity index (χ0) is 20.9. The second kappa shape index (κ2) is 11.5. The van der Waals surface area contributed by atoms with Gasteiger partial charge in [0.25, 0.3) is 0 Å². The quantitative estimate of drug-likeness (QED) is 0.348. The number of thiazole rings is 1. The number of guanidine groups is 1. The van der Waals surface area contributed by atoms with Crippen LogP contribution in [0.25, 0.3) is 0 Å². The molecule has 0 radical (unpaired) electrons. The number of carbonyl (C=O) groups is 1. The van der Waals surface area contributed by atoms with Crippen molar-refractivity contribution in [3.8, 4) is 0 Å². The number of likely N-dealkylation sites (tertiary alicyclic amines) is 1. The Labute approximate surface area is 195 Å². The normalized spacial score (nSPS) is 18.9. The van der Waals surface area contributed by atoms with E-state index in [1.807, 2.05) is 11.8 Å². The van der Waals surface area contributed by atoms with Gasteiger partial charge >= 0.3 is 6.18 Å². The summed E-state index contributed by atoms with van der Waals surface area (Å²) in [5.74, 6) is 0.839. The predicted molar refractivity (Wildman–Crippen MR) is 119 cm³/mol. The summed E-state index contributed by atoms with van der Waals surface area (Å²) in [6.45, 7) is 6.52. The minimum atomic E-state index is -4.43. The molecule has 0 saturated carbocycles. The lowest BCUT2D eigenvalue weighted by atomic mass is 9.95. The number of hydrogen-bond donors (Lipinski definition) is 1. The molecule has 1 aromatic heterocycles. The molecule has 7 nitrogen and oxygen atoms in total. The Hall–Kier alpha value is -1.15. The molecule has 170 valence electrons. The molecule has 2 aliphatic rings. The molecule has 30 heavy (non-hydrogen) atoms. The summed E-state index contributed by atoms with van der Waals surface area (Å²) in [7, 11) is 0. The van der Waals surface area contributed by atoms with Gasteiger partial charge in [-0.1, -0.05) is 0 Å². The van der Waals surface area contributed by atoms with E-state index in [9.17, 15) is 18.0 Å². The minimum Gasteiger partial charge on any atom is -0.378 e. The molecule has 1 N–H and O–H groups in total. The molecule has 0 atom stereocenters. The van der Waals surface area contributed by atoms with Crippen LogP contribution in [0, 0.1) is 5.92 Å². The third-order valence-electron chi connectivity index (χ3n) is 5.01. The number of hydrogen-bond acceptors (Lipinski definition) is 5. The second-order valence-electron chi connectivity index (χ2n) is 6.99. The fourth-order valence-corrected chi connectivity index (χ4v) is 4.19. The predicted octanol–water partition coefficient (Wildman–Crippen LogP) is 2.82. The van der Waals surface area contributed by atoms with Crippen molar-refractivity contribution in [3.63, 3.8) is 0 Å². The van der Waals surface area contributed by atoms with Crippen molar-refractivity contribution >= 4 is 47.2 Å². The van der Waals surface area contributed by atoms with Crippen LogP contribution in [0.1, 0.15) is 30.5 Å². The number of halogens is 4. The molecule has 0 bridgehead atoms. The van der Waals surface area contributed by atoms with Crippen LogP contribution in [-0.2, 0) is 22.3 Å². The van der Waals surface area contributed by atoms with E-state index in [4.69, 9.17) is 4.74 Å². The summed E-state index contributed by atoms with van der Waals surface area (Å²) in [4.78, 5) is 24.7.